The van der Waals surface area contributed by atoms with E-state index < -0.39 is 5.41 Å². The largest absolute Gasteiger partial charge is 0.342 e. The highest BCUT2D eigenvalue weighted by atomic mass is 16.2. The highest BCUT2D eigenvalue weighted by molar-refractivity contribution is 5.87. The van der Waals surface area contributed by atoms with Gasteiger partial charge in [-0.15, -0.1) is 0 Å². The van der Waals surface area contributed by atoms with Crippen LogP contribution >= 0.6 is 0 Å². The summed E-state index contributed by atoms with van der Waals surface area (Å²) in [6.07, 6.45) is 0. The molecule has 0 radical (unpaired) electrons. The molecule has 0 saturated carbocycles. The molecule has 0 saturated heterocycles. The lowest BCUT2D eigenvalue weighted by atomic mass is 9.82. The molecule has 0 aliphatic carbocycles. The quantitative estimate of drug-likeness (QED) is 0.868. The maximum Gasteiger partial charge on any atom is 0.232 e. The van der Waals surface area contributed by atoms with Crippen LogP contribution in [-0.2, 0) is 10.2 Å². The first kappa shape index (κ1) is 16.7. The van der Waals surface area contributed by atoms with Crippen LogP contribution in [0.25, 0.3) is 0 Å². The van der Waals surface area contributed by atoms with Gasteiger partial charge in [-0.25, -0.2) is 0 Å². The van der Waals surface area contributed by atoms with E-state index in [1.807, 2.05) is 56.0 Å². The van der Waals surface area contributed by atoms with Crippen molar-refractivity contribution in [1.29, 1.82) is 0 Å². The Morgan fingerprint density at radius 3 is 2.15 bits per heavy atom. The summed E-state index contributed by atoms with van der Waals surface area (Å²) in [5.41, 5.74) is 6.27. The molecular formula is C17H28N2O. The number of carbonyl (C=O) groups excluding carboxylic acids is 1. The zero-order valence-corrected chi connectivity index (χ0v) is 13.4. The minimum absolute atomic E-state index is 0.0571. The van der Waals surface area contributed by atoms with Crippen LogP contribution in [0.3, 0.4) is 0 Å². The van der Waals surface area contributed by atoms with Crippen LogP contribution in [0.1, 0.15) is 40.2 Å². The third-order valence-electron chi connectivity index (χ3n) is 3.87. The number of benzene rings is 1. The molecule has 1 aromatic carbocycles. The Balaban J connectivity index is 2.96. The first-order valence-corrected chi connectivity index (χ1v) is 7.29. The van der Waals surface area contributed by atoms with Crippen molar-refractivity contribution < 1.29 is 4.79 Å². The SMILES string of the molecule is CCN(CC(C)(C)CN)C(=O)C(C)(C)c1ccccc1. The molecule has 0 unspecified atom stereocenters. The van der Waals surface area contributed by atoms with Crippen molar-refractivity contribution in [3.05, 3.63) is 35.9 Å². The van der Waals surface area contributed by atoms with E-state index in [4.69, 9.17) is 5.73 Å². The number of nitrogens with two attached hydrogens (primary N) is 1. The molecule has 20 heavy (non-hydrogen) atoms. The molecule has 0 heterocycles. The summed E-state index contributed by atoms with van der Waals surface area (Å²) in [6.45, 7) is 12.2. The molecule has 1 aromatic rings. The summed E-state index contributed by atoms with van der Waals surface area (Å²) in [5.74, 6) is 0.160. The highest BCUT2D eigenvalue weighted by Crippen LogP contribution is 2.27. The van der Waals surface area contributed by atoms with Gasteiger partial charge in [0.25, 0.3) is 0 Å². The fourth-order valence-corrected chi connectivity index (χ4v) is 2.28. The molecule has 0 atom stereocenters. The second kappa shape index (κ2) is 6.40. The van der Waals surface area contributed by atoms with E-state index in [-0.39, 0.29) is 11.3 Å². The van der Waals surface area contributed by atoms with Gasteiger partial charge in [-0.2, -0.15) is 0 Å². The van der Waals surface area contributed by atoms with Gasteiger partial charge in [-0.05, 0) is 38.3 Å². The van der Waals surface area contributed by atoms with Crippen LogP contribution in [0, 0.1) is 5.41 Å². The standard InChI is InChI=1S/C17H28N2O/c1-6-19(13-16(2,3)12-18)15(20)17(4,5)14-10-8-7-9-11-14/h7-11H,6,12-13,18H2,1-5H3. The van der Waals surface area contributed by atoms with Gasteiger partial charge in [0.2, 0.25) is 5.91 Å². The van der Waals surface area contributed by atoms with Crippen molar-refractivity contribution >= 4 is 5.91 Å². The highest BCUT2D eigenvalue weighted by Gasteiger charge is 2.34. The van der Waals surface area contributed by atoms with Gasteiger partial charge in [0.1, 0.15) is 0 Å². The fourth-order valence-electron chi connectivity index (χ4n) is 2.28. The average Bonchev–Trinajstić information content (AvgIpc) is 2.45. The molecule has 0 bridgehead atoms. The van der Waals surface area contributed by atoms with E-state index in [2.05, 4.69) is 13.8 Å². The van der Waals surface area contributed by atoms with Crippen LogP contribution in [0.15, 0.2) is 30.3 Å². The number of amides is 1. The molecule has 0 aliphatic rings. The van der Waals surface area contributed by atoms with Crippen LogP contribution in [0.4, 0.5) is 0 Å². The first-order valence-electron chi connectivity index (χ1n) is 7.29. The van der Waals surface area contributed by atoms with Crippen molar-refractivity contribution in [3.8, 4) is 0 Å². The monoisotopic (exact) mass is 276 g/mol. The van der Waals surface area contributed by atoms with Gasteiger partial charge in [-0.3, -0.25) is 4.79 Å². The molecule has 1 amide bonds. The molecular weight excluding hydrogens is 248 g/mol. The maximum absolute atomic E-state index is 12.9. The van der Waals surface area contributed by atoms with Crippen LogP contribution in [0.2, 0.25) is 0 Å². The predicted molar refractivity (Wildman–Crippen MR) is 84.6 cm³/mol. The Kier molecular flexibility index (Phi) is 5.35. The second-order valence-electron chi connectivity index (χ2n) is 6.68. The number of likely N-dealkylation sites (N-methyl/N-ethyl adjacent to an activating group) is 1. The number of nitrogens with zero attached hydrogens (tertiary/aromatic N) is 1. The predicted octanol–water partition coefficient (Wildman–Crippen LogP) is 2.80. The summed E-state index contributed by atoms with van der Waals surface area (Å²) in [4.78, 5) is 14.8. The molecule has 0 aromatic heterocycles. The smallest absolute Gasteiger partial charge is 0.232 e. The Morgan fingerprint density at radius 1 is 1.15 bits per heavy atom. The molecule has 3 heteroatoms. The maximum atomic E-state index is 12.9. The lowest BCUT2D eigenvalue weighted by Crippen LogP contribution is -2.48. The summed E-state index contributed by atoms with van der Waals surface area (Å²) in [5, 5.41) is 0. The van der Waals surface area contributed by atoms with E-state index in [9.17, 15) is 4.79 Å². The second-order valence-corrected chi connectivity index (χ2v) is 6.68. The fraction of sp³-hybridized carbons (Fsp3) is 0.588. The third kappa shape index (κ3) is 3.83. The minimum atomic E-state index is -0.512. The Labute approximate surface area is 123 Å². The number of carbonyl (C=O) groups is 1. The van der Waals surface area contributed by atoms with Crippen molar-refractivity contribution in [3.63, 3.8) is 0 Å². The summed E-state index contributed by atoms with van der Waals surface area (Å²) < 4.78 is 0. The topological polar surface area (TPSA) is 46.3 Å². The van der Waals surface area contributed by atoms with Crippen LogP contribution in [-0.4, -0.2) is 30.4 Å². The lowest BCUT2D eigenvalue weighted by molar-refractivity contribution is -0.137. The van der Waals surface area contributed by atoms with E-state index in [1.165, 1.54) is 0 Å². The molecule has 0 aliphatic heterocycles. The van der Waals surface area contributed by atoms with E-state index in [0.29, 0.717) is 19.6 Å². The van der Waals surface area contributed by atoms with Gasteiger partial charge >= 0.3 is 0 Å². The lowest BCUT2D eigenvalue weighted by Gasteiger charge is -2.36. The van der Waals surface area contributed by atoms with Crippen LogP contribution in [0.5, 0.6) is 0 Å². The van der Waals surface area contributed by atoms with Gasteiger partial charge in [0.05, 0.1) is 5.41 Å². The van der Waals surface area contributed by atoms with Crippen molar-refractivity contribution in [2.24, 2.45) is 11.1 Å². The number of hydrogen-bond donors (Lipinski definition) is 1. The van der Waals surface area contributed by atoms with Crippen molar-refractivity contribution in [1.82, 2.24) is 4.90 Å². The molecule has 3 nitrogen and oxygen atoms in total. The number of rotatable bonds is 6. The minimum Gasteiger partial charge on any atom is -0.342 e. The van der Waals surface area contributed by atoms with Crippen LogP contribution < -0.4 is 5.73 Å². The molecule has 1 rings (SSSR count). The Morgan fingerprint density at radius 2 is 1.70 bits per heavy atom. The normalized spacial score (nSPS) is 12.3. The van der Waals surface area contributed by atoms with Gasteiger partial charge < -0.3 is 10.6 Å². The molecule has 0 spiro atoms. The number of hydrogen-bond acceptors (Lipinski definition) is 2. The third-order valence-corrected chi connectivity index (χ3v) is 3.87. The van der Waals surface area contributed by atoms with E-state index in [0.717, 1.165) is 5.56 Å². The summed E-state index contributed by atoms with van der Waals surface area (Å²) >= 11 is 0. The molecule has 0 fully saturated rings. The van der Waals surface area contributed by atoms with Crippen molar-refractivity contribution in [2.75, 3.05) is 19.6 Å². The Bertz CT molecular complexity index is 438. The van der Waals surface area contributed by atoms with Gasteiger partial charge in [0.15, 0.2) is 0 Å². The Hall–Kier alpha value is -1.35. The molecule has 2 N–H and O–H groups in total. The van der Waals surface area contributed by atoms with Gasteiger partial charge in [0, 0.05) is 13.1 Å². The van der Waals surface area contributed by atoms with E-state index >= 15 is 0 Å². The zero-order chi connectivity index (χ0) is 15.4. The van der Waals surface area contributed by atoms with E-state index in [1.54, 1.807) is 0 Å². The summed E-state index contributed by atoms with van der Waals surface area (Å²) in [7, 11) is 0. The zero-order valence-electron chi connectivity index (χ0n) is 13.4. The molecule has 112 valence electrons. The summed E-state index contributed by atoms with van der Waals surface area (Å²) in [6, 6.07) is 9.95. The van der Waals surface area contributed by atoms with Crippen molar-refractivity contribution in [2.45, 2.75) is 40.0 Å². The average molecular weight is 276 g/mol. The first-order chi connectivity index (χ1) is 9.24. The van der Waals surface area contributed by atoms with Gasteiger partial charge in [-0.1, -0.05) is 44.2 Å².